The third-order valence-corrected chi connectivity index (χ3v) is 4.16. The number of fused-ring (bicyclic) bond motifs is 1. The Morgan fingerprint density at radius 2 is 2.21 bits per heavy atom. The lowest BCUT2D eigenvalue weighted by Crippen LogP contribution is -2.12. The molecule has 0 bridgehead atoms. The number of aryl methyl sites for hydroxylation is 1. The van der Waals surface area contributed by atoms with Gasteiger partial charge < -0.3 is 10.1 Å². The van der Waals surface area contributed by atoms with Crippen molar-refractivity contribution in [3.8, 4) is 5.88 Å². The number of pyridine rings is 1. The lowest BCUT2D eigenvalue weighted by Gasteiger charge is -2.08. The molecule has 3 aromatic rings. The zero-order valence-corrected chi connectivity index (χ0v) is 13.4. The van der Waals surface area contributed by atoms with Crippen LogP contribution in [0.1, 0.15) is 23.2 Å². The summed E-state index contributed by atoms with van der Waals surface area (Å²) in [5.74, 6) is 0.963. The number of hydrogen-bond donors (Lipinski definition) is 1. The van der Waals surface area contributed by atoms with Gasteiger partial charge in [-0.1, -0.05) is 0 Å². The molecule has 1 aromatic carbocycles. The number of aromatic nitrogens is 3. The summed E-state index contributed by atoms with van der Waals surface area (Å²) in [5, 5.41) is 8.09. The van der Waals surface area contributed by atoms with Crippen LogP contribution < -0.4 is 10.1 Å². The summed E-state index contributed by atoms with van der Waals surface area (Å²) < 4.78 is 7.43. The van der Waals surface area contributed by atoms with Gasteiger partial charge in [0, 0.05) is 35.9 Å². The molecule has 0 radical (unpaired) electrons. The van der Waals surface area contributed by atoms with Gasteiger partial charge in [-0.3, -0.25) is 9.48 Å². The van der Waals surface area contributed by atoms with Gasteiger partial charge in [0.25, 0.3) is 5.91 Å². The number of nitrogens with one attached hydrogen (secondary N) is 1. The minimum atomic E-state index is -0.183. The summed E-state index contributed by atoms with van der Waals surface area (Å²) in [6.07, 6.45) is 5.82. The van der Waals surface area contributed by atoms with Crippen molar-refractivity contribution in [2.75, 3.05) is 11.9 Å². The number of ether oxygens (including phenoxy) is 1. The molecule has 0 atom stereocenters. The molecule has 1 aliphatic rings. The normalized spacial score (nSPS) is 13.9. The average molecular weight is 322 g/mol. The van der Waals surface area contributed by atoms with Crippen molar-refractivity contribution in [2.45, 2.75) is 12.8 Å². The second kappa shape index (κ2) is 5.96. The first kappa shape index (κ1) is 14.7. The number of rotatable bonds is 5. The van der Waals surface area contributed by atoms with Crippen LogP contribution >= 0.6 is 0 Å². The first-order valence-corrected chi connectivity index (χ1v) is 8.01. The molecule has 1 saturated carbocycles. The second-order valence-corrected chi connectivity index (χ2v) is 6.13. The SMILES string of the molecule is Cn1ncc2cc(NC(=O)c3ccnc(OCC4CC4)c3)ccc21. The minimum absolute atomic E-state index is 0.183. The van der Waals surface area contributed by atoms with E-state index in [0.29, 0.717) is 24.0 Å². The Hall–Kier alpha value is -2.89. The monoisotopic (exact) mass is 322 g/mol. The standard InChI is InChI=1S/C18H18N4O2/c1-22-16-5-4-15(8-14(16)10-20-22)21-18(23)13-6-7-19-17(9-13)24-11-12-2-3-12/h4-10,12H,2-3,11H2,1H3,(H,21,23). The maximum Gasteiger partial charge on any atom is 0.255 e. The molecule has 1 amide bonds. The zero-order chi connectivity index (χ0) is 16.5. The van der Waals surface area contributed by atoms with Crippen molar-refractivity contribution in [2.24, 2.45) is 13.0 Å². The van der Waals surface area contributed by atoms with Crippen LogP contribution in [0.15, 0.2) is 42.7 Å². The third kappa shape index (κ3) is 3.08. The van der Waals surface area contributed by atoms with Gasteiger partial charge >= 0.3 is 0 Å². The lowest BCUT2D eigenvalue weighted by atomic mass is 10.2. The average Bonchev–Trinajstić information content (AvgIpc) is 3.36. The number of amides is 1. The summed E-state index contributed by atoms with van der Waals surface area (Å²) >= 11 is 0. The van der Waals surface area contributed by atoms with E-state index < -0.39 is 0 Å². The van der Waals surface area contributed by atoms with Crippen LogP contribution in [-0.4, -0.2) is 27.3 Å². The van der Waals surface area contributed by atoms with Gasteiger partial charge in [0.15, 0.2) is 0 Å². The molecule has 2 aromatic heterocycles. The molecule has 0 spiro atoms. The highest BCUT2D eigenvalue weighted by molar-refractivity contribution is 6.05. The molecule has 1 aliphatic carbocycles. The fourth-order valence-electron chi connectivity index (χ4n) is 2.56. The number of anilines is 1. The van der Waals surface area contributed by atoms with Crippen LogP contribution in [0, 0.1) is 5.92 Å². The summed E-state index contributed by atoms with van der Waals surface area (Å²) in [6.45, 7) is 0.676. The summed E-state index contributed by atoms with van der Waals surface area (Å²) in [6, 6.07) is 9.08. The van der Waals surface area contributed by atoms with Crippen LogP contribution in [0.5, 0.6) is 5.88 Å². The number of nitrogens with zero attached hydrogens (tertiary/aromatic N) is 3. The predicted molar refractivity (Wildman–Crippen MR) is 91.1 cm³/mol. The van der Waals surface area contributed by atoms with Gasteiger partial charge in [-0.2, -0.15) is 5.10 Å². The van der Waals surface area contributed by atoms with Crippen molar-refractivity contribution in [3.05, 3.63) is 48.3 Å². The molecule has 0 saturated heterocycles. The van der Waals surface area contributed by atoms with E-state index in [1.54, 1.807) is 29.2 Å². The van der Waals surface area contributed by atoms with Crippen molar-refractivity contribution in [1.29, 1.82) is 0 Å². The Bertz CT molecular complexity index is 899. The van der Waals surface area contributed by atoms with Crippen LogP contribution in [0.4, 0.5) is 5.69 Å². The van der Waals surface area contributed by atoms with E-state index in [4.69, 9.17) is 4.74 Å². The first-order valence-electron chi connectivity index (χ1n) is 8.01. The van der Waals surface area contributed by atoms with Gasteiger partial charge in [0.2, 0.25) is 5.88 Å². The van der Waals surface area contributed by atoms with Crippen LogP contribution in [0.3, 0.4) is 0 Å². The van der Waals surface area contributed by atoms with Gasteiger partial charge in [-0.05, 0) is 43.0 Å². The van der Waals surface area contributed by atoms with Gasteiger partial charge in [-0.15, -0.1) is 0 Å². The Morgan fingerprint density at radius 1 is 1.33 bits per heavy atom. The van der Waals surface area contributed by atoms with Crippen molar-refractivity contribution >= 4 is 22.5 Å². The predicted octanol–water partition coefficient (Wildman–Crippen LogP) is 3.01. The number of hydrogen-bond acceptors (Lipinski definition) is 4. The molecule has 6 heteroatoms. The quantitative estimate of drug-likeness (QED) is 0.784. The number of benzene rings is 1. The van der Waals surface area contributed by atoms with E-state index in [-0.39, 0.29) is 5.91 Å². The van der Waals surface area contributed by atoms with Crippen molar-refractivity contribution < 1.29 is 9.53 Å². The van der Waals surface area contributed by atoms with E-state index in [2.05, 4.69) is 15.4 Å². The Labute approximate surface area is 139 Å². The molecule has 6 nitrogen and oxygen atoms in total. The van der Waals surface area contributed by atoms with Crippen LogP contribution in [-0.2, 0) is 7.05 Å². The van der Waals surface area contributed by atoms with Crippen molar-refractivity contribution in [3.63, 3.8) is 0 Å². The fourth-order valence-corrected chi connectivity index (χ4v) is 2.56. The second-order valence-electron chi connectivity index (χ2n) is 6.13. The number of carbonyl (C=O) groups is 1. The van der Waals surface area contributed by atoms with Crippen LogP contribution in [0.25, 0.3) is 10.9 Å². The van der Waals surface area contributed by atoms with Gasteiger partial charge in [0.05, 0.1) is 18.3 Å². The van der Waals surface area contributed by atoms with Crippen molar-refractivity contribution in [1.82, 2.24) is 14.8 Å². The number of carbonyl (C=O) groups excluding carboxylic acids is 1. The van der Waals surface area contributed by atoms with E-state index in [0.717, 1.165) is 16.6 Å². The highest BCUT2D eigenvalue weighted by Gasteiger charge is 2.22. The third-order valence-electron chi connectivity index (χ3n) is 4.16. The summed E-state index contributed by atoms with van der Waals surface area (Å²) in [5.41, 5.74) is 2.28. The van der Waals surface area contributed by atoms with Crippen LogP contribution in [0.2, 0.25) is 0 Å². The minimum Gasteiger partial charge on any atom is -0.477 e. The Kier molecular flexibility index (Phi) is 3.65. The molecule has 1 N–H and O–H groups in total. The molecule has 24 heavy (non-hydrogen) atoms. The smallest absolute Gasteiger partial charge is 0.255 e. The molecule has 122 valence electrons. The summed E-state index contributed by atoms with van der Waals surface area (Å²) in [4.78, 5) is 16.6. The molecular formula is C18H18N4O2. The van der Waals surface area contributed by atoms with Gasteiger partial charge in [0.1, 0.15) is 0 Å². The zero-order valence-electron chi connectivity index (χ0n) is 13.4. The Balaban J connectivity index is 1.48. The van der Waals surface area contributed by atoms with E-state index in [9.17, 15) is 4.79 Å². The van der Waals surface area contributed by atoms with Gasteiger partial charge in [-0.25, -0.2) is 4.98 Å². The first-order chi connectivity index (χ1) is 11.7. The largest absolute Gasteiger partial charge is 0.477 e. The topological polar surface area (TPSA) is 69.0 Å². The van der Waals surface area contributed by atoms with E-state index in [1.165, 1.54) is 12.8 Å². The fraction of sp³-hybridized carbons (Fsp3) is 0.278. The van der Waals surface area contributed by atoms with E-state index >= 15 is 0 Å². The molecule has 1 fully saturated rings. The molecule has 2 heterocycles. The maximum atomic E-state index is 12.4. The molecular weight excluding hydrogens is 304 g/mol. The van der Waals surface area contributed by atoms with E-state index in [1.807, 2.05) is 25.2 Å². The Morgan fingerprint density at radius 3 is 3.04 bits per heavy atom. The molecule has 4 rings (SSSR count). The lowest BCUT2D eigenvalue weighted by molar-refractivity contribution is 0.102. The summed E-state index contributed by atoms with van der Waals surface area (Å²) in [7, 11) is 1.89. The highest BCUT2D eigenvalue weighted by Crippen LogP contribution is 2.29. The highest BCUT2D eigenvalue weighted by atomic mass is 16.5. The maximum absolute atomic E-state index is 12.4. The molecule has 0 unspecified atom stereocenters. The molecule has 0 aliphatic heterocycles.